The molecule has 0 aliphatic carbocycles. The van der Waals surface area contributed by atoms with E-state index in [1.807, 2.05) is 0 Å². The first-order chi connectivity index (χ1) is 8.66. The van der Waals surface area contributed by atoms with Crippen molar-refractivity contribution >= 4 is 17.3 Å². The summed E-state index contributed by atoms with van der Waals surface area (Å²) in [5.74, 6) is 0.230. The molecule has 94 valence electrons. The number of nitro benzene ring substituents is 1. The molecule has 0 radical (unpaired) electrons. The fourth-order valence-corrected chi connectivity index (χ4v) is 1.50. The molecule has 8 heteroatoms. The fourth-order valence-electron chi connectivity index (χ4n) is 1.36. The van der Waals surface area contributed by atoms with Gasteiger partial charge >= 0.3 is 5.69 Å². The van der Waals surface area contributed by atoms with Gasteiger partial charge in [0.05, 0.1) is 11.5 Å². The van der Waals surface area contributed by atoms with Gasteiger partial charge in [-0.15, -0.1) is 5.10 Å². The van der Waals surface area contributed by atoms with E-state index in [0.717, 1.165) is 0 Å². The van der Waals surface area contributed by atoms with Crippen LogP contribution in [0, 0.1) is 10.1 Å². The monoisotopic (exact) mass is 268 g/mol. The summed E-state index contributed by atoms with van der Waals surface area (Å²) in [5.41, 5.74) is -0.0610. The first-order valence-electron chi connectivity index (χ1n) is 5.08. The Hall–Kier alpha value is -2.15. The second kappa shape index (κ2) is 5.46. The highest BCUT2D eigenvalue weighted by Gasteiger charge is 2.13. The molecule has 0 bridgehead atoms. The van der Waals surface area contributed by atoms with Gasteiger partial charge in [0.1, 0.15) is 12.9 Å². The van der Waals surface area contributed by atoms with Crippen LogP contribution in [0.5, 0.6) is 5.75 Å². The molecular weight excluding hydrogens is 260 g/mol. The molecule has 0 amide bonds. The van der Waals surface area contributed by atoms with Gasteiger partial charge in [-0.3, -0.25) is 10.1 Å². The lowest BCUT2D eigenvalue weighted by Gasteiger charge is -2.05. The van der Waals surface area contributed by atoms with Gasteiger partial charge in [0, 0.05) is 6.07 Å². The summed E-state index contributed by atoms with van der Waals surface area (Å²) >= 11 is 5.55. The van der Waals surface area contributed by atoms with E-state index in [4.69, 9.17) is 16.3 Å². The zero-order chi connectivity index (χ0) is 13.0. The average Bonchev–Trinajstić information content (AvgIpc) is 2.75. The molecule has 0 aliphatic rings. The zero-order valence-corrected chi connectivity index (χ0v) is 9.95. The first-order valence-corrected chi connectivity index (χ1v) is 5.46. The van der Waals surface area contributed by atoms with E-state index in [-0.39, 0.29) is 23.3 Å². The molecule has 0 spiro atoms. The van der Waals surface area contributed by atoms with Crippen molar-refractivity contribution < 1.29 is 9.66 Å². The van der Waals surface area contributed by atoms with Crippen molar-refractivity contribution in [2.45, 2.75) is 6.54 Å². The predicted molar refractivity (Wildman–Crippen MR) is 63.6 cm³/mol. The van der Waals surface area contributed by atoms with Crippen molar-refractivity contribution in [1.29, 1.82) is 0 Å². The number of nitrogens with zero attached hydrogens (tertiary/aromatic N) is 4. The second-order valence-corrected chi connectivity index (χ2v) is 3.69. The van der Waals surface area contributed by atoms with Crippen molar-refractivity contribution in [1.82, 2.24) is 14.8 Å². The van der Waals surface area contributed by atoms with Crippen LogP contribution in [0.1, 0.15) is 0 Å². The summed E-state index contributed by atoms with van der Waals surface area (Å²) in [6.45, 7) is 0.649. The maximum Gasteiger partial charge on any atom is 0.310 e. The van der Waals surface area contributed by atoms with Crippen molar-refractivity contribution in [3.8, 4) is 5.75 Å². The molecule has 0 atom stereocenters. The van der Waals surface area contributed by atoms with E-state index < -0.39 is 4.92 Å². The van der Waals surface area contributed by atoms with Gasteiger partial charge in [0.2, 0.25) is 5.28 Å². The highest BCUT2D eigenvalue weighted by molar-refractivity contribution is 6.28. The summed E-state index contributed by atoms with van der Waals surface area (Å²) in [6, 6.07) is 6.20. The Morgan fingerprint density at radius 1 is 1.44 bits per heavy atom. The van der Waals surface area contributed by atoms with Crippen LogP contribution in [0.2, 0.25) is 5.28 Å². The van der Waals surface area contributed by atoms with Gasteiger partial charge in [0.25, 0.3) is 0 Å². The Balaban J connectivity index is 1.96. The van der Waals surface area contributed by atoms with Crippen LogP contribution in [0.3, 0.4) is 0 Å². The molecule has 0 saturated heterocycles. The molecule has 2 aromatic rings. The highest BCUT2D eigenvalue weighted by atomic mass is 35.5. The standard InChI is InChI=1S/C10H9ClN4O3/c11-10-12-7-14(13-10)5-6-18-9-4-2-1-3-8(9)15(16)17/h1-4,7H,5-6H2. The molecule has 18 heavy (non-hydrogen) atoms. The molecule has 0 fully saturated rings. The lowest BCUT2D eigenvalue weighted by molar-refractivity contribution is -0.385. The highest BCUT2D eigenvalue weighted by Crippen LogP contribution is 2.25. The molecule has 2 rings (SSSR count). The van der Waals surface area contributed by atoms with E-state index in [1.165, 1.54) is 17.1 Å². The Labute approximate surface area is 107 Å². The van der Waals surface area contributed by atoms with Crippen molar-refractivity contribution in [3.05, 3.63) is 46.0 Å². The average molecular weight is 269 g/mol. The lowest BCUT2D eigenvalue weighted by atomic mass is 10.3. The van der Waals surface area contributed by atoms with Crippen molar-refractivity contribution in [2.75, 3.05) is 6.61 Å². The Morgan fingerprint density at radius 2 is 2.22 bits per heavy atom. The van der Waals surface area contributed by atoms with Crippen LogP contribution in [-0.2, 0) is 6.54 Å². The molecule has 0 unspecified atom stereocenters. The molecular formula is C10H9ClN4O3. The number of benzene rings is 1. The normalized spacial score (nSPS) is 10.3. The molecule has 1 aromatic carbocycles. The predicted octanol–water partition coefficient (Wildman–Crippen LogP) is 1.92. The van der Waals surface area contributed by atoms with E-state index in [9.17, 15) is 10.1 Å². The lowest BCUT2D eigenvalue weighted by Crippen LogP contribution is -2.09. The third-order valence-electron chi connectivity index (χ3n) is 2.15. The van der Waals surface area contributed by atoms with Gasteiger partial charge < -0.3 is 4.74 Å². The maximum atomic E-state index is 10.7. The minimum Gasteiger partial charge on any atom is -0.485 e. The summed E-state index contributed by atoms with van der Waals surface area (Å²) in [6.07, 6.45) is 1.46. The number of nitro groups is 1. The number of halogens is 1. The Morgan fingerprint density at radius 3 is 2.89 bits per heavy atom. The summed E-state index contributed by atoms with van der Waals surface area (Å²) in [7, 11) is 0. The van der Waals surface area contributed by atoms with E-state index in [0.29, 0.717) is 6.54 Å². The van der Waals surface area contributed by atoms with Gasteiger partial charge in [0.15, 0.2) is 5.75 Å². The van der Waals surface area contributed by atoms with Crippen LogP contribution in [0.4, 0.5) is 5.69 Å². The van der Waals surface area contributed by atoms with Gasteiger partial charge in [-0.1, -0.05) is 12.1 Å². The molecule has 0 saturated carbocycles. The van der Waals surface area contributed by atoms with Crippen molar-refractivity contribution in [3.63, 3.8) is 0 Å². The van der Waals surface area contributed by atoms with Gasteiger partial charge in [-0.2, -0.15) is 0 Å². The van der Waals surface area contributed by atoms with Gasteiger partial charge in [-0.25, -0.2) is 9.67 Å². The van der Waals surface area contributed by atoms with E-state index >= 15 is 0 Å². The third-order valence-corrected chi connectivity index (χ3v) is 2.32. The number of ether oxygens (including phenoxy) is 1. The van der Waals surface area contributed by atoms with Crippen LogP contribution < -0.4 is 4.74 Å². The summed E-state index contributed by atoms with van der Waals surface area (Å²) in [5, 5.41) is 14.7. The van der Waals surface area contributed by atoms with Crippen LogP contribution in [0.15, 0.2) is 30.6 Å². The number of hydrogen-bond donors (Lipinski definition) is 0. The van der Waals surface area contributed by atoms with Crippen LogP contribution >= 0.6 is 11.6 Å². The number of rotatable bonds is 5. The molecule has 7 nitrogen and oxygen atoms in total. The maximum absolute atomic E-state index is 10.7. The van der Waals surface area contributed by atoms with Crippen LogP contribution in [-0.4, -0.2) is 26.3 Å². The number of hydrogen-bond acceptors (Lipinski definition) is 5. The third kappa shape index (κ3) is 2.95. The number of aromatic nitrogens is 3. The summed E-state index contributed by atoms with van der Waals surface area (Å²) < 4.78 is 6.84. The minimum absolute atomic E-state index is 0.0610. The molecule has 1 heterocycles. The largest absolute Gasteiger partial charge is 0.485 e. The SMILES string of the molecule is O=[N+]([O-])c1ccccc1OCCn1cnc(Cl)n1. The fraction of sp³-hybridized carbons (Fsp3) is 0.200. The quantitative estimate of drug-likeness (QED) is 0.611. The van der Waals surface area contributed by atoms with Crippen molar-refractivity contribution in [2.24, 2.45) is 0 Å². The van der Waals surface area contributed by atoms with Crippen LogP contribution in [0.25, 0.3) is 0 Å². The smallest absolute Gasteiger partial charge is 0.310 e. The molecule has 0 aliphatic heterocycles. The Bertz CT molecular complexity index is 558. The molecule has 1 aromatic heterocycles. The second-order valence-electron chi connectivity index (χ2n) is 3.35. The van der Waals surface area contributed by atoms with Gasteiger partial charge in [-0.05, 0) is 17.7 Å². The topological polar surface area (TPSA) is 83.1 Å². The first kappa shape index (κ1) is 12.3. The Kier molecular flexibility index (Phi) is 3.73. The minimum atomic E-state index is -0.484. The zero-order valence-electron chi connectivity index (χ0n) is 9.19. The van der Waals surface area contributed by atoms with E-state index in [1.54, 1.807) is 18.2 Å². The molecule has 0 N–H and O–H groups in total. The number of para-hydroxylation sites is 2. The van der Waals surface area contributed by atoms with E-state index in [2.05, 4.69) is 10.1 Å². The summed E-state index contributed by atoms with van der Waals surface area (Å²) in [4.78, 5) is 14.0.